The number of nitrogens with one attached hydrogen (secondary N) is 4. The largest absolute Gasteiger partial charge is 0.465 e. The van der Waals surface area contributed by atoms with Crippen molar-refractivity contribution in [2.45, 2.75) is 77.5 Å². The van der Waals surface area contributed by atoms with Gasteiger partial charge in [0.15, 0.2) is 0 Å². The van der Waals surface area contributed by atoms with Crippen molar-refractivity contribution in [1.29, 1.82) is 0 Å². The minimum Gasteiger partial charge on any atom is -0.465 e. The second-order valence-corrected chi connectivity index (χ2v) is 14.1. The number of carbonyl (C=O) groups is 4. The molecule has 2 aromatic heterocycles. The number of carboxylic acid groups (broad SMARTS) is 1. The average molecular weight is 721 g/mol. The molecule has 2 saturated heterocycles. The Bertz CT molecular complexity index is 2170. The summed E-state index contributed by atoms with van der Waals surface area (Å²) in [6.07, 6.45) is 1.25. The molecule has 0 radical (unpaired) electrons. The number of hydrogen-bond acceptors (Lipinski definition) is 7. The highest BCUT2D eigenvalue weighted by Gasteiger charge is 2.39. The zero-order valence-corrected chi connectivity index (χ0v) is 30.4. The maximum absolute atomic E-state index is 13.5. The predicted molar refractivity (Wildman–Crippen MR) is 197 cm³/mol. The van der Waals surface area contributed by atoms with Gasteiger partial charge in [-0.05, 0) is 85.8 Å². The minimum atomic E-state index is -1.22. The molecule has 53 heavy (non-hydrogen) atoms. The van der Waals surface area contributed by atoms with Gasteiger partial charge in [-0.3, -0.25) is 9.59 Å². The normalized spacial score (nSPS) is 18.0. The van der Waals surface area contributed by atoms with Gasteiger partial charge in [-0.25, -0.2) is 19.6 Å². The molecule has 14 nitrogen and oxygen atoms in total. The highest BCUT2D eigenvalue weighted by Crippen LogP contribution is 2.34. The molecule has 4 heterocycles. The highest BCUT2D eigenvalue weighted by atomic mass is 16.5. The molecular weight excluding hydrogens is 676 g/mol. The van der Waals surface area contributed by atoms with Crippen LogP contribution in [0.15, 0.2) is 36.4 Å². The fourth-order valence-corrected chi connectivity index (χ4v) is 7.07. The van der Waals surface area contributed by atoms with E-state index in [-0.39, 0.29) is 35.7 Å². The summed E-state index contributed by atoms with van der Waals surface area (Å²) < 4.78 is 4.74. The maximum atomic E-state index is 13.5. The van der Waals surface area contributed by atoms with Crippen molar-refractivity contribution in [3.63, 3.8) is 0 Å². The van der Waals surface area contributed by atoms with Gasteiger partial charge in [0, 0.05) is 24.2 Å². The molecule has 0 bridgehead atoms. The van der Waals surface area contributed by atoms with Crippen LogP contribution < -0.4 is 10.6 Å². The quantitative estimate of drug-likeness (QED) is 0.160. The number of H-pyrrole nitrogens is 2. The molecule has 0 saturated carbocycles. The number of methoxy groups -OCH3 is 1. The van der Waals surface area contributed by atoms with E-state index >= 15 is 0 Å². The number of aromatic nitrogens is 4. The fourth-order valence-electron chi connectivity index (χ4n) is 7.07. The second-order valence-electron chi connectivity index (χ2n) is 14.1. The SMILES string of the molecule is COC(=O)NC(C(=O)N1CCCC1c1nc2ccc(C#CC#Cc3ccc4nc(C5CCCN5C(=O)C(NC(=O)O)C(C)C)[nH]c4c3)cc2[nH]1)C(C)C. The molecule has 0 aliphatic carbocycles. The summed E-state index contributed by atoms with van der Waals surface area (Å²) in [4.78, 5) is 69.9. The zero-order chi connectivity index (χ0) is 37.8. The molecule has 4 amide bonds. The Morgan fingerprint density at radius 2 is 1.23 bits per heavy atom. The number of carbonyl (C=O) groups excluding carboxylic acids is 3. The lowest BCUT2D eigenvalue weighted by Crippen LogP contribution is -2.51. The Morgan fingerprint density at radius 1 is 0.774 bits per heavy atom. The van der Waals surface area contributed by atoms with Gasteiger partial charge in [-0.2, -0.15) is 0 Å². The van der Waals surface area contributed by atoms with Crippen LogP contribution in [-0.2, 0) is 14.3 Å². The van der Waals surface area contributed by atoms with E-state index in [4.69, 9.17) is 14.7 Å². The summed E-state index contributed by atoms with van der Waals surface area (Å²) >= 11 is 0. The molecule has 6 rings (SSSR count). The number of nitrogens with zero attached hydrogens (tertiary/aromatic N) is 4. The zero-order valence-electron chi connectivity index (χ0n) is 30.4. The van der Waals surface area contributed by atoms with Crippen molar-refractivity contribution in [2.75, 3.05) is 20.2 Å². The number of ether oxygens (including phenoxy) is 1. The van der Waals surface area contributed by atoms with E-state index in [0.717, 1.165) is 58.9 Å². The van der Waals surface area contributed by atoms with Crippen LogP contribution in [0.1, 0.15) is 88.2 Å². The van der Waals surface area contributed by atoms with Crippen LogP contribution >= 0.6 is 0 Å². The highest BCUT2D eigenvalue weighted by molar-refractivity contribution is 5.87. The number of imidazole rings is 2. The van der Waals surface area contributed by atoms with Gasteiger partial charge in [0.2, 0.25) is 11.8 Å². The monoisotopic (exact) mass is 720 g/mol. The number of fused-ring (bicyclic) bond motifs is 2. The fraction of sp³-hybridized carbons (Fsp3) is 0.436. The van der Waals surface area contributed by atoms with E-state index in [1.807, 2.05) is 64.1 Å². The minimum absolute atomic E-state index is 0.120. The van der Waals surface area contributed by atoms with E-state index in [0.29, 0.717) is 24.7 Å². The van der Waals surface area contributed by atoms with Gasteiger partial charge in [0.25, 0.3) is 0 Å². The average Bonchev–Trinajstić information content (AvgIpc) is 3.95. The van der Waals surface area contributed by atoms with Gasteiger partial charge in [0.05, 0.1) is 41.3 Å². The number of aromatic amines is 2. The topological polar surface area (TPSA) is 186 Å². The summed E-state index contributed by atoms with van der Waals surface area (Å²) in [5.41, 5.74) is 4.59. The first kappa shape index (κ1) is 36.8. The number of hydrogen-bond donors (Lipinski definition) is 5. The summed E-state index contributed by atoms with van der Waals surface area (Å²) in [7, 11) is 1.28. The number of likely N-dealkylation sites (tertiary alicyclic amines) is 2. The third kappa shape index (κ3) is 8.07. The van der Waals surface area contributed by atoms with E-state index in [1.165, 1.54) is 7.11 Å². The molecule has 4 atom stereocenters. The Kier molecular flexibility index (Phi) is 10.9. The standard InChI is InChI=1S/C39H44N8O6/c1-22(2)32(44-38(50)51)36(48)46-18-8-12-30(46)34-40-26-16-14-24(20-28(26)42-34)10-6-7-11-25-15-17-27-29(21-25)43-35(41-27)31-13-9-19-47(31)37(49)33(23(3)4)45-39(52)53-5/h14-17,20-23,30-33,44H,8-9,12-13,18-19H2,1-5H3,(H,40,42)(H,41,43)(H,45,52)(H,50,51). The number of amides is 4. The van der Waals surface area contributed by atoms with Crippen molar-refractivity contribution in [3.8, 4) is 23.7 Å². The van der Waals surface area contributed by atoms with Crippen LogP contribution in [0.2, 0.25) is 0 Å². The van der Waals surface area contributed by atoms with E-state index in [1.54, 1.807) is 9.80 Å². The first-order chi connectivity index (χ1) is 25.4. The van der Waals surface area contributed by atoms with Crippen LogP contribution in [0.5, 0.6) is 0 Å². The van der Waals surface area contributed by atoms with E-state index in [9.17, 15) is 24.3 Å². The summed E-state index contributed by atoms with van der Waals surface area (Å²) in [6, 6.07) is 9.27. The van der Waals surface area contributed by atoms with Gasteiger partial charge in [0.1, 0.15) is 23.7 Å². The molecule has 276 valence electrons. The Balaban J connectivity index is 1.14. The van der Waals surface area contributed by atoms with Crippen molar-refractivity contribution in [3.05, 3.63) is 59.2 Å². The van der Waals surface area contributed by atoms with Crippen LogP contribution in [0, 0.1) is 35.5 Å². The molecule has 0 spiro atoms. The van der Waals surface area contributed by atoms with Crippen molar-refractivity contribution >= 4 is 46.1 Å². The molecule has 2 aliphatic heterocycles. The molecule has 4 aromatic rings. The van der Waals surface area contributed by atoms with Crippen LogP contribution in [0.25, 0.3) is 22.1 Å². The van der Waals surface area contributed by atoms with Gasteiger partial charge in [-0.1, -0.05) is 39.5 Å². The molecule has 2 aromatic carbocycles. The summed E-state index contributed by atoms with van der Waals surface area (Å²) in [6.45, 7) is 8.52. The molecule has 4 unspecified atom stereocenters. The lowest BCUT2D eigenvalue weighted by atomic mass is 10.0. The molecule has 5 N–H and O–H groups in total. The number of rotatable bonds is 8. The van der Waals surface area contributed by atoms with Crippen LogP contribution in [0.4, 0.5) is 9.59 Å². The predicted octanol–water partition coefficient (Wildman–Crippen LogP) is 4.84. The van der Waals surface area contributed by atoms with Crippen LogP contribution in [-0.4, -0.2) is 91.1 Å². The molecule has 14 heteroatoms. The smallest absolute Gasteiger partial charge is 0.407 e. The van der Waals surface area contributed by atoms with Crippen molar-refractivity contribution in [2.24, 2.45) is 11.8 Å². The van der Waals surface area contributed by atoms with Crippen LogP contribution in [0.3, 0.4) is 0 Å². The first-order valence-corrected chi connectivity index (χ1v) is 17.9. The summed E-state index contributed by atoms with van der Waals surface area (Å²) in [5, 5.41) is 14.3. The lowest BCUT2D eigenvalue weighted by Gasteiger charge is -2.29. The molecular formula is C39H44N8O6. The Hall–Kier alpha value is -6.02. The Morgan fingerprint density at radius 3 is 1.64 bits per heavy atom. The summed E-state index contributed by atoms with van der Waals surface area (Å²) in [5.74, 6) is 12.7. The van der Waals surface area contributed by atoms with Crippen molar-refractivity contribution < 1.29 is 29.0 Å². The van der Waals surface area contributed by atoms with Gasteiger partial charge in [-0.15, -0.1) is 0 Å². The van der Waals surface area contributed by atoms with Gasteiger partial charge < -0.3 is 40.2 Å². The lowest BCUT2D eigenvalue weighted by molar-refractivity contribution is -0.136. The third-order valence-electron chi connectivity index (χ3n) is 9.78. The third-order valence-corrected chi connectivity index (χ3v) is 9.78. The van der Waals surface area contributed by atoms with Crippen molar-refractivity contribution in [1.82, 2.24) is 40.4 Å². The second kappa shape index (κ2) is 15.7. The number of benzene rings is 2. The van der Waals surface area contributed by atoms with E-state index in [2.05, 4.69) is 44.3 Å². The molecule has 2 fully saturated rings. The van der Waals surface area contributed by atoms with E-state index < -0.39 is 24.3 Å². The molecule has 2 aliphatic rings. The number of alkyl carbamates (subject to hydrolysis) is 1. The first-order valence-electron chi connectivity index (χ1n) is 17.9. The van der Waals surface area contributed by atoms with Gasteiger partial charge >= 0.3 is 12.2 Å². The Labute approximate surface area is 307 Å². The maximum Gasteiger partial charge on any atom is 0.407 e.